The second-order valence-corrected chi connectivity index (χ2v) is 4.77. The molecule has 0 aliphatic carbocycles. The zero-order valence-electron chi connectivity index (χ0n) is 12.0. The van der Waals surface area contributed by atoms with Gasteiger partial charge in [0.15, 0.2) is 6.10 Å². The molecule has 2 N–H and O–H groups in total. The van der Waals surface area contributed by atoms with Gasteiger partial charge in [-0.25, -0.2) is 4.98 Å². The molecule has 5 heteroatoms. The molecule has 0 bridgehead atoms. The Morgan fingerprint density at radius 3 is 2.90 bits per heavy atom. The average molecular weight is 286 g/mol. The largest absolute Gasteiger partial charge is 0.481 e. The van der Waals surface area contributed by atoms with Crippen LogP contribution in [-0.2, 0) is 11.4 Å². The van der Waals surface area contributed by atoms with E-state index in [1.807, 2.05) is 13.0 Å². The number of aromatic nitrogens is 1. The SMILES string of the molecule is Cc1ccnc(NC(=O)C(C)Oc2cccc(CO)c2)c1. The Morgan fingerprint density at radius 2 is 2.19 bits per heavy atom. The van der Waals surface area contributed by atoms with E-state index in [0.717, 1.165) is 11.1 Å². The summed E-state index contributed by atoms with van der Waals surface area (Å²) in [5, 5.41) is 11.8. The maximum Gasteiger partial charge on any atom is 0.266 e. The monoisotopic (exact) mass is 286 g/mol. The van der Waals surface area contributed by atoms with E-state index >= 15 is 0 Å². The van der Waals surface area contributed by atoms with Crippen LogP contribution in [0.4, 0.5) is 5.82 Å². The molecule has 0 aliphatic rings. The highest BCUT2D eigenvalue weighted by Gasteiger charge is 2.15. The summed E-state index contributed by atoms with van der Waals surface area (Å²) in [5.74, 6) is 0.767. The van der Waals surface area contributed by atoms with Crippen LogP contribution in [0.1, 0.15) is 18.1 Å². The number of pyridine rings is 1. The fraction of sp³-hybridized carbons (Fsp3) is 0.250. The molecule has 2 rings (SSSR count). The molecule has 0 spiro atoms. The summed E-state index contributed by atoms with van der Waals surface area (Å²) in [5.41, 5.74) is 1.75. The number of hydrogen-bond acceptors (Lipinski definition) is 4. The topological polar surface area (TPSA) is 71.5 Å². The van der Waals surface area contributed by atoms with Crippen LogP contribution < -0.4 is 10.1 Å². The summed E-state index contributed by atoms with van der Waals surface area (Å²) in [6.45, 7) is 3.53. The van der Waals surface area contributed by atoms with Gasteiger partial charge in [-0.05, 0) is 49.2 Å². The molecule has 0 saturated carbocycles. The first-order valence-electron chi connectivity index (χ1n) is 6.68. The molecular formula is C16H18N2O3. The Labute approximate surface area is 123 Å². The molecule has 1 amide bonds. The van der Waals surface area contributed by atoms with Gasteiger partial charge in [-0.1, -0.05) is 12.1 Å². The number of rotatable bonds is 5. The number of aliphatic hydroxyl groups excluding tert-OH is 1. The predicted octanol–water partition coefficient (Wildman–Crippen LogP) is 2.29. The molecule has 0 radical (unpaired) electrons. The second-order valence-electron chi connectivity index (χ2n) is 4.77. The maximum absolute atomic E-state index is 12.1. The Bertz CT molecular complexity index is 628. The fourth-order valence-electron chi connectivity index (χ4n) is 1.81. The van der Waals surface area contributed by atoms with E-state index in [1.165, 1.54) is 0 Å². The smallest absolute Gasteiger partial charge is 0.266 e. The summed E-state index contributed by atoms with van der Waals surface area (Å²) in [6.07, 6.45) is 0.975. The van der Waals surface area contributed by atoms with Gasteiger partial charge in [0, 0.05) is 6.20 Å². The van der Waals surface area contributed by atoms with E-state index in [-0.39, 0.29) is 12.5 Å². The fourth-order valence-corrected chi connectivity index (χ4v) is 1.81. The highest BCUT2D eigenvalue weighted by Crippen LogP contribution is 2.15. The van der Waals surface area contributed by atoms with Crippen LogP contribution >= 0.6 is 0 Å². The van der Waals surface area contributed by atoms with Crippen LogP contribution in [-0.4, -0.2) is 22.1 Å². The molecule has 1 aromatic heterocycles. The lowest BCUT2D eigenvalue weighted by Crippen LogP contribution is -2.30. The van der Waals surface area contributed by atoms with E-state index in [2.05, 4.69) is 10.3 Å². The average Bonchev–Trinajstić information content (AvgIpc) is 2.47. The van der Waals surface area contributed by atoms with Crippen molar-refractivity contribution in [3.63, 3.8) is 0 Å². The van der Waals surface area contributed by atoms with Crippen molar-refractivity contribution in [3.8, 4) is 5.75 Å². The van der Waals surface area contributed by atoms with E-state index in [1.54, 1.807) is 43.5 Å². The van der Waals surface area contributed by atoms with Crippen molar-refractivity contribution in [1.29, 1.82) is 0 Å². The third-order valence-electron chi connectivity index (χ3n) is 2.93. The van der Waals surface area contributed by atoms with Crippen LogP contribution in [0.15, 0.2) is 42.6 Å². The number of nitrogens with zero attached hydrogens (tertiary/aromatic N) is 1. The number of ether oxygens (including phenoxy) is 1. The lowest BCUT2D eigenvalue weighted by molar-refractivity contribution is -0.122. The van der Waals surface area contributed by atoms with E-state index in [9.17, 15) is 4.79 Å². The van der Waals surface area contributed by atoms with Gasteiger partial charge in [-0.2, -0.15) is 0 Å². The number of carbonyl (C=O) groups is 1. The summed E-state index contributed by atoms with van der Waals surface area (Å²) < 4.78 is 5.57. The molecule has 2 aromatic rings. The number of anilines is 1. The van der Waals surface area contributed by atoms with Crippen molar-refractivity contribution in [2.45, 2.75) is 26.6 Å². The van der Waals surface area contributed by atoms with Gasteiger partial charge in [-0.3, -0.25) is 4.79 Å². The summed E-state index contributed by atoms with van der Waals surface area (Å²) in [4.78, 5) is 16.1. The summed E-state index contributed by atoms with van der Waals surface area (Å²) in [6, 6.07) is 10.7. The van der Waals surface area contributed by atoms with Crippen LogP contribution in [0.3, 0.4) is 0 Å². The van der Waals surface area contributed by atoms with Gasteiger partial charge in [0.05, 0.1) is 6.61 Å². The Hall–Kier alpha value is -2.40. The number of nitrogens with one attached hydrogen (secondary N) is 1. The first-order valence-corrected chi connectivity index (χ1v) is 6.68. The van der Waals surface area contributed by atoms with Crippen molar-refractivity contribution in [2.24, 2.45) is 0 Å². The number of amides is 1. The zero-order chi connectivity index (χ0) is 15.2. The van der Waals surface area contributed by atoms with E-state index < -0.39 is 6.10 Å². The van der Waals surface area contributed by atoms with Gasteiger partial charge in [-0.15, -0.1) is 0 Å². The molecular weight excluding hydrogens is 268 g/mol. The number of hydrogen-bond donors (Lipinski definition) is 2. The van der Waals surface area contributed by atoms with E-state index in [4.69, 9.17) is 9.84 Å². The normalized spacial score (nSPS) is 11.8. The molecule has 21 heavy (non-hydrogen) atoms. The molecule has 1 unspecified atom stereocenters. The Morgan fingerprint density at radius 1 is 1.38 bits per heavy atom. The lowest BCUT2D eigenvalue weighted by atomic mass is 10.2. The predicted molar refractivity (Wildman–Crippen MR) is 80.1 cm³/mol. The zero-order valence-corrected chi connectivity index (χ0v) is 12.0. The number of benzene rings is 1. The van der Waals surface area contributed by atoms with E-state index in [0.29, 0.717) is 11.6 Å². The minimum absolute atomic E-state index is 0.0645. The van der Waals surface area contributed by atoms with Gasteiger partial charge >= 0.3 is 0 Å². The quantitative estimate of drug-likeness (QED) is 0.884. The van der Waals surface area contributed by atoms with Crippen molar-refractivity contribution in [2.75, 3.05) is 5.32 Å². The summed E-state index contributed by atoms with van der Waals surface area (Å²) >= 11 is 0. The Kier molecular flexibility index (Phi) is 4.90. The minimum atomic E-state index is -0.666. The first kappa shape index (κ1) is 15.0. The molecule has 1 heterocycles. The van der Waals surface area contributed by atoms with Gasteiger partial charge in [0.25, 0.3) is 5.91 Å². The number of aryl methyl sites for hydroxylation is 1. The van der Waals surface area contributed by atoms with Crippen molar-refractivity contribution in [1.82, 2.24) is 4.98 Å². The molecule has 0 fully saturated rings. The molecule has 5 nitrogen and oxygen atoms in total. The third kappa shape index (κ3) is 4.29. The van der Waals surface area contributed by atoms with Gasteiger partial charge in [0.2, 0.25) is 0 Å². The molecule has 110 valence electrons. The standard InChI is InChI=1S/C16H18N2O3/c1-11-6-7-17-15(8-11)18-16(20)12(2)21-14-5-3-4-13(9-14)10-19/h3-9,12,19H,10H2,1-2H3,(H,17,18,20). The lowest BCUT2D eigenvalue weighted by Gasteiger charge is -2.15. The maximum atomic E-state index is 12.1. The Balaban J connectivity index is 1.99. The van der Waals surface area contributed by atoms with Crippen molar-refractivity contribution < 1.29 is 14.6 Å². The highest BCUT2D eigenvalue weighted by molar-refractivity contribution is 5.93. The molecule has 1 atom stereocenters. The minimum Gasteiger partial charge on any atom is -0.481 e. The first-order chi connectivity index (χ1) is 10.1. The molecule has 0 saturated heterocycles. The number of carbonyl (C=O) groups excluding carboxylic acids is 1. The van der Waals surface area contributed by atoms with Gasteiger partial charge < -0.3 is 15.2 Å². The molecule has 0 aliphatic heterocycles. The number of aliphatic hydroxyl groups is 1. The summed E-state index contributed by atoms with van der Waals surface area (Å²) in [7, 11) is 0. The van der Waals surface area contributed by atoms with Crippen LogP contribution in [0, 0.1) is 6.92 Å². The van der Waals surface area contributed by atoms with Crippen LogP contribution in [0.2, 0.25) is 0 Å². The third-order valence-corrected chi connectivity index (χ3v) is 2.93. The highest BCUT2D eigenvalue weighted by atomic mass is 16.5. The second kappa shape index (κ2) is 6.85. The van der Waals surface area contributed by atoms with Crippen molar-refractivity contribution in [3.05, 3.63) is 53.7 Å². The van der Waals surface area contributed by atoms with Crippen LogP contribution in [0.5, 0.6) is 5.75 Å². The molecule has 1 aromatic carbocycles. The van der Waals surface area contributed by atoms with Crippen molar-refractivity contribution >= 4 is 11.7 Å². The van der Waals surface area contributed by atoms with Gasteiger partial charge in [0.1, 0.15) is 11.6 Å². The van der Waals surface area contributed by atoms with Crippen LogP contribution in [0.25, 0.3) is 0 Å².